The minimum atomic E-state index is -0.992. The Hall–Kier alpha value is -0.970. The van der Waals surface area contributed by atoms with E-state index in [1.54, 1.807) is 0 Å². The molecule has 2 unspecified atom stereocenters. The van der Waals surface area contributed by atoms with E-state index in [1.807, 2.05) is 0 Å². The zero-order valence-electron chi connectivity index (χ0n) is 10.5. The number of carbonyl (C=O) groups is 1. The molecule has 19 heavy (non-hydrogen) atoms. The highest BCUT2D eigenvalue weighted by Gasteiger charge is 2.26. The van der Waals surface area contributed by atoms with Crippen molar-refractivity contribution in [2.24, 2.45) is 5.92 Å². The largest absolute Gasteiger partial charge is 0.349 e. The van der Waals surface area contributed by atoms with Crippen LogP contribution in [-0.4, -0.2) is 17.3 Å². The Morgan fingerprint density at radius 2 is 2.00 bits per heavy atom. The molecule has 1 aliphatic rings. The molecule has 0 saturated heterocycles. The van der Waals surface area contributed by atoms with Gasteiger partial charge in [-0.25, -0.2) is 8.78 Å². The Balaban J connectivity index is 2.05. The third-order valence-corrected chi connectivity index (χ3v) is 4.44. The average molecular weight is 332 g/mol. The Morgan fingerprint density at radius 3 is 2.68 bits per heavy atom. The summed E-state index contributed by atoms with van der Waals surface area (Å²) in [4.78, 5) is 12.0. The van der Waals surface area contributed by atoms with Crippen LogP contribution in [0.1, 0.15) is 36.0 Å². The summed E-state index contributed by atoms with van der Waals surface area (Å²) >= 11 is 3.46. The predicted molar refractivity (Wildman–Crippen MR) is 73.4 cm³/mol. The van der Waals surface area contributed by atoms with Crippen LogP contribution in [0.2, 0.25) is 0 Å². The van der Waals surface area contributed by atoms with Gasteiger partial charge in [0.1, 0.15) is 0 Å². The van der Waals surface area contributed by atoms with Gasteiger partial charge in [-0.05, 0) is 37.0 Å². The summed E-state index contributed by atoms with van der Waals surface area (Å²) in [6.07, 6.45) is 4.28. The lowest BCUT2D eigenvalue weighted by molar-refractivity contribution is 0.0911. The fourth-order valence-electron chi connectivity index (χ4n) is 2.47. The van der Waals surface area contributed by atoms with Crippen molar-refractivity contribution in [1.82, 2.24) is 5.32 Å². The molecular formula is C14H16BrF2NO. The van der Waals surface area contributed by atoms with E-state index in [9.17, 15) is 13.6 Å². The maximum atomic E-state index is 13.1. The predicted octanol–water partition coefficient (Wildman–Crippen LogP) is 3.65. The standard InChI is InChI=1S/C14H16BrF2NO/c15-8-10-3-1-2-4-13(10)18-14(19)9-5-6-11(16)12(17)7-9/h5-7,10,13H,1-4,8H2,(H,18,19). The van der Waals surface area contributed by atoms with Gasteiger partial charge in [0, 0.05) is 16.9 Å². The van der Waals surface area contributed by atoms with Gasteiger partial charge in [0.2, 0.25) is 0 Å². The van der Waals surface area contributed by atoms with Crippen molar-refractivity contribution in [3.05, 3.63) is 35.4 Å². The lowest BCUT2D eigenvalue weighted by Gasteiger charge is -2.31. The van der Waals surface area contributed by atoms with Crippen molar-refractivity contribution in [2.45, 2.75) is 31.7 Å². The molecule has 1 aromatic carbocycles. The fraction of sp³-hybridized carbons (Fsp3) is 0.500. The number of carbonyl (C=O) groups excluding carboxylic acids is 1. The van der Waals surface area contributed by atoms with Crippen LogP contribution in [0.25, 0.3) is 0 Å². The molecular weight excluding hydrogens is 316 g/mol. The first kappa shape index (κ1) is 14.4. The smallest absolute Gasteiger partial charge is 0.251 e. The summed E-state index contributed by atoms with van der Waals surface area (Å²) in [5.41, 5.74) is 0.165. The van der Waals surface area contributed by atoms with Crippen LogP contribution < -0.4 is 5.32 Å². The molecule has 0 bridgehead atoms. The Bertz CT molecular complexity index is 467. The van der Waals surface area contributed by atoms with Crippen molar-refractivity contribution in [3.8, 4) is 0 Å². The molecule has 2 nitrogen and oxygen atoms in total. The third kappa shape index (κ3) is 3.53. The van der Waals surface area contributed by atoms with E-state index in [4.69, 9.17) is 0 Å². The van der Waals surface area contributed by atoms with Gasteiger partial charge in [0.15, 0.2) is 11.6 Å². The number of benzene rings is 1. The van der Waals surface area contributed by atoms with E-state index in [-0.39, 0.29) is 17.5 Å². The van der Waals surface area contributed by atoms with Crippen LogP contribution in [0.5, 0.6) is 0 Å². The van der Waals surface area contributed by atoms with Crippen LogP contribution in [0.4, 0.5) is 8.78 Å². The summed E-state index contributed by atoms with van der Waals surface area (Å²) in [5, 5.41) is 3.77. The zero-order chi connectivity index (χ0) is 13.8. The van der Waals surface area contributed by atoms with Crippen LogP contribution >= 0.6 is 15.9 Å². The van der Waals surface area contributed by atoms with E-state index in [0.717, 1.165) is 36.7 Å². The summed E-state index contributed by atoms with van der Waals surface area (Å²) in [5.74, 6) is -1.86. The molecule has 0 aromatic heterocycles. The minimum Gasteiger partial charge on any atom is -0.349 e. The summed E-state index contributed by atoms with van der Waals surface area (Å²) in [6, 6.07) is 3.33. The van der Waals surface area contributed by atoms with Crippen molar-refractivity contribution in [3.63, 3.8) is 0 Å². The van der Waals surface area contributed by atoms with Gasteiger partial charge in [-0.3, -0.25) is 4.79 Å². The third-order valence-electron chi connectivity index (χ3n) is 3.61. The Labute approximate surface area is 119 Å². The minimum absolute atomic E-state index is 0.105. The van der Waals surface area contributed by atoms with E-state index in [2.05, 4.69) is 21.2 Å². The number of nitrogens with one attached hydrogen (secondary N) is 1. The maximum Gasteiger partial charge on any atom is 0.251 e. The van der Waals surface area contributed by atoms with Crippen LogP contribution in [0, 0.1) is 17.6 Å². The van der Waals surface area contributed by atoms with Gasteiger partial charge < -0.3 is 5.32 Å². The molecule has 0 aliphatic heterocycles. The second-order valence-electron chi connectivity index (χ2n) is 4.91. The molecule has 1 fully saturated rings. The number of hydrogen-bond acceptors (Lipinski definition) is 1. The van der Waals surface area contributed by atoms with Crippen molar-refractivity contribution < 1.29 is 13.6 Å². The van der Waals surface area contributed by atoms with Crippen LogP contribution in [-0.2, 0) is 0 Å². The molecule has 1 N–H and O–H groups in total. The Morgan fingerprint density at radius 1 is 1.26 bits per heavy atom. The van der Waals surface area contributed by atoms with Gasteiger partial charge in [-0.1, -0.05) is 28.8 Å². The van der Waals surface area contributed by atoms with Crippen LogP contribution in [0.3, 0.4) is 0 Å². The quantitative estimate of drug-likeness (QED) is 0.841. The number of rotatable bonds is 3. The van der Waals surface area contributed by atoms with E-state index < -0.39 is 11.6 Å². The summed E-state index contributed by atoms with van der Waals surface area (Å²) in [7, 11) is 0. The first-order chi connectivity index (χ1) is 9.11. The SMILES string of the molecule is O=C(NC1CCCCC1CBr)c1ccc(F)c(F)c1. The highest BCUT2D eigenvalue weighted by molar-refractivity contribution is 9.09. The van der Waals surface area contributed by atoms with Crippen molar-refractivity contribution in [2.75, 3.05) is 5.33 Å². The van der Waals surface area contributed by atoms with Crippen LogP contribution in [0.15, 0.2) is 18.2 Å². The van der Waals surface area contributed by atoms with E-state index >= 15 is 0 Å². The topological polar surface area (TPSA) is 29.1 Å². The second-order valence-corrected chi connectivity index (χ2v) is 5.56. The number of hydrogen-bond donors (Lipinski definition) is 1. The first-order valence-corrected chi connectivity index (χ1v) is 7.56. The highest BCUT2D eigenvalue weighted by atomic mass is 79.9. The molecule has 1 amide bonds. The molecule has 0 spiro atoms. The summed E-state index contributed by atoms with van der Waals surface area (Å²) in [6.45, 7) is 0. The molecule has 5 heteroatoms. The first-order valence-electron chi connectivity index (χ1n) is 6.43. The molecule has 0 heterocycles. The molecule has 1 saturated carbocycles. The molecule has 2 atom stereocenters. The van der Waals surface area contributed by atoms with Gasteiger partial charge >= 0.3 is 0 Å². The molecule has 0 radical (unpaired) electrons. The van der Waals surface area contributed by atoms with E-state index in [1.165, 1.54) is 12.5 Å². The highest BCUT2D eigenvalue weighted by Crippen LogP contribution is 2.26. The molecule has 2 rings (SSSR count). The zero-order valence-corrected chi connectivity index (χ0v) is 12.1. The Kier molecular flexibility index (Phi) is 4.91. The van der Waals surface area contributed by atoms with Gasteiger partial charge in [0.05, 0.1) is 0 Å². The van der Waals surface area contributed by atoms with Crippen molar-refractivity contribution in [1.29, 1.82) is 0 Å². The normalized spacial score (nSPS) is 23.1. The monoisotopic (exact) mass is 331 g/mol. The number of halogens is 3. The lowest BCUT2D eigenvalue weighted by atomic mass is 9.86. The lowest BCUT2D eigenvalue weighted by Crippen LogP contribution is -2.42. The molecule has 104 valence electrons. The van der Waals surface area contributed by atoms with Gasteiger partial charge in [-0.15, -0.1) is 0 Å². The maximum absolute atomic E-state index is 13.1. The average Bonchev–Trinajstić information content (AvgIpc) is 2.42. The van der Waals surface area contributed by atoms with Gasteiger partial charge in [0.25, 0.3) is 5.91 Å². The van der Waals surface area contributed by atoms with Gasteiger partial charge in [-0.2, -0.15) is 0 Å². The molecule has 1 aromatic rings. The van der Waals surface area contributed by atoms with Crippen molar-refractivity contribution >= 4 is 21.8 Å². The molecule has 1 aliphatic carbocycles. The fourth-order valence-corrected chi connectivity index (χ4v) is 3.25. The second kappa shape index (κ2) is 6.46. The summed E-state index contributed by atoms with van der Waals surface area (Å²) < 4.78 is 25.9. The number of amides is 1. The number of alkyl halides is 1. The van der Waals surface area contributed by atoms with E-state index in [0.29, 0.717) is 5.92 Å².